The zero-order valence-corrected chi connectivity index (χ0v) is 13.2. The van der Waals surface area contributed by atoms with E-state index in [0.717, 1.165) is 31.1 Å². The summed E-state index contributed by atoms with van der Waals surface area (Å²) in [5, 5.41) is 3.51. The molecule has 1 fully saturated rings. The minimum Gasteiger partial charge on any atom is -0.365 e. The van der Waals surface area contributed by atoms with Crippen LogP contribution in [0.5, 0.6) is 0 Å². The fourth-order valence-electron chi connectivity index (χ4n) is 2.84. The molecule has 3 N–H and O–H groups in total. The van der Waals surface area contributed by atoms with Crippen molar-refractivity contribution in [2.45, 2.75) is 39.7 Å². The monoisotopic (exact) mass is 290 g/mol. The van der Waals surface area contributed by atoms with Crippen LogP contribution in [-0.2, 0) is 0 Å². The van der Waals surface area contributed by atoms with Gasteiger partial charge in [0.25, 0.3) is 5.91 Å². The Morgan fingerprint density at radius 3 is 2.86 bits per heavy atom. The van der Waals surface area contributed by atoms with E-state index in [1.165, 1.54) is 12.8 Å². The Morgan fingerprint density at radius 2 is 2.29 bits per heavy atom. The molecule has 1 amide bonds. The number of carbonyl (C=O) groups is 1. The second-order valence-electron chi connectivity index (χ2n) is 6.28. The molecule has 1 aliphatic rings. The lowest BCUT2D eigenvalue weighted by atomic mass is 10.1. The quantitative estimate of drug-likeness (QED) is 0.836. The van der Waals surface area contributed by atoms with Crippen LogP contribution in [0.1, 0.15) is 42.7 Å². The lowest BCUT2D eigenvalue weighted by molar-refractivity contribution is 0.100. The molecule has 5 heteroatoms. The highest BCUT2D eigenvalue weighted by Gasteiger charge is 2.23. The van der Waals surface area contributed by atoms with E-state index in [2.05, 4.69) is 29.0 Å². The van der Waals surface area contributed by atoms with E-state index in [0.29, 0.717) is 17.5 Å². The minimum absolute atomic E-state index is 0.411. The van der Waals surface area contributed by atoms with Gasteiger partial charge in [-0.05, 0) is 44.4 Å². The predicted molar refractivity (Wildman–Crippen MR) is 85.6 cm³/mol. The van der Waals surface area contributed by atoms with Crippen LogP contribution in [0.25, 0.3) is 0 Å². The third-order valence-electron chi connectivity index (χ3n) is 3.77. The molecule has 0 aliphatic carbocycles. The zero-order valence-electron chi connectivity index (χ0n) is 13.2. The number of hydrogen-bond donors (Lipinski definition) is 2. The zero-order chi connectivity index (χ0) is 15.4. The summed E-state index contributed by atoms with van der Waals surface area (Å²) in [5.74, 6) is 0.810. The van der Waals surface area contributed by atoms with Crippen LogP contribution < -0.4 is 16.0 Å². The van der Waals surface area contributed by atoms with Crippen molar-refractivity contribution in [1.29, 1.82) is 0 Å². The van der Waals surface area contributed by atoms with E-state index < -0.39 is 5.91 Å². The maximum Gasteiger partial charge on any atom is 0.252 e. The summed E-state index contributed by atoms with van der Waals surface area (Å²) in [7, 11) is 0. The maximum absolute atomic E-state index is 11.7. The molecule has 116 valence electrons. The highest BCUT2D eigenvalue weighted by molar-refractivity contribution is 5.97. The summed E-state index contributed by atoms with van der Waals surface area (Å²) in [6.45, 7) is 9.10. The second kappa shape index (κ2) is 6.89. The van der Waals surface area contributed by atoms with Gasteiger partial charge in [0.2, 0.25) is 0 Å². The predicted octanol–water partition coefficient (Wildman–Crippen LogP) is 1.70. The van der Waals surface area contributed by atoms with Crippen molar-refractivity contribution in [2.24, 2.45) is 11.7 Å². The Labute approximate surface area is 126 Å². The van der Waals surface area contributed by atoms with Gasteiger partial charge < -0.3 is 16.0 Å². The van der Waals surface area contributed by atoms with Crippen LogP contribution in [0.2, 0.25) is 0 Å². The van der Waals surface area contributed by atoms with Gasteiger partial charge in [-0.25, -0.2) is 4.98 Å². The largest absolute Gasteiger partial charge is 0.365 e. The molecule has 1 aromatic rings. The first-order valence-corrected chi connectivity index (χ1v) is 7.73. The first-order valence-electron chi connectivity index (χ1n) is 7.73. The van der Waals surface area contributed by atoms with E-state index in [9.17, 15) is 4.79 Å². The lowest BCUT2D eigenvalue weighted by Crippen LogP contribution is -2.41. The normalized spacial score (nSPS) is 18.2. The van der Waals surface area contributed by atoms with Gasteiger partial charge in [0.05, 0.1) is 5.56 Å². The molecule has 1 saturated heterocycles. The van der Waals surface area contributed by atoms with Crippen molar-refractivity contribution in [2.75, 3.05) is 24.5 Å². The van der Waals surface area contributed by atoms with E-state index in [4.69, 9.17) is 5.73 Å². The van der Waals surface area contributed by atoms with E-state index >= 15 is 0 Å². The summed E-state index contributed by atoms with van der Waals surface area (Å²) in [6, 6.07) is 4.09. The standard InChI is InChI=1S/C16H26N4O/c1-11(2)9-20(10-13-5-4-8-18-13)16-14(15(17)21)7-6-12(3)19-16/h6-7,11,13,18H,4-5,8-10H2,1-3H3,(H2,17,21). The number of hydrogen-bond acceptors (Lipinski definition) is 4. The topological polar surface area (TPSA) is 71.2 Å². The number of anilines is 1. The lowest BCUT2D eigenvalue weighted by Gasteiger charge is -2.30. The van der Waals surface area contributed by atoms with E-state index in [1.54, 1.807) is 6.07 Å². The molecule has 21 heavy (non-hydrogen) atoms. The number of carbonyl (C=O) groups excluding carboxylic acids is 1. The Morgan fingerprint density at radius 1 is 1.52 bits per heavy atom. The highest BCUT2D eigenvalue weighted by atomic mass is 16.1. The van der Waals surface area contributed by atoms with Crippen LogP contribution in [0.15, 0.2) is 12.1 Å². The molecule has 0 spiro atoms. The highest BCUT2D eigenvalue weighted by Crippen LogP contribution is 2.21. The number of rotatable bonds is 6. The molecule has 1 unspecified atom stereocenters. The van der Waals surface area contributed by atoms with Crippen molar-refractivity contribution in [3.63, 3.8) is 0 Å². The van der Waals surface area contributed by atoms with Gasteiger partial charge >= 0.3 is 0 Å². The number of aryl methyl sites for hydroxylation is 1. The molecule has 5 nitrogen and oxygen atoms in total. The van der Waals surface area contributed by atoms with Crippen molar-refractivity contribution in [3.8, 4) is 0 Å². The molecule has 2 heterocycles. The number of pyridine rings is 1. The number of nitrogens with two attached hydrogens (primary N) is 1. The smallest absolute Gasteiger partial charge is 0.252 e. The Hall–Kier alpha value is -1.62. The Bertz CT molecular complexity index is 495. The van der Waals surface area contributed by atoms with Gasteiger partial charge in [-0.15, -0.1) is 0 Å². The average Bonchev–Trinajstić information content (AvgIpc) is 2.90. The first-order chi connectivity index (χ1) is 9.97. The molecular formula is C16H26N4O. The van der Waals surface area contributed by atoms with Gasteiger partial charge in [0.15, 0.2) is 0 Å². The molecule has 0 saturated carbocycles. The van der Waals surface area contributed by atoms with Gasteiger partial charge in [-0.2, -0.15) is 0 Å². The van der Waals surface area contributed by atoms with Gasteiger partial charge in [-0.3, -0.25) is 4.79 Å². The number of aromatic nitrogens is 1. The third-order valence-corrected chi connectivity index (χ3v) is 3.77. The summed E-state index contributed by atoms with van der Waals surface area (Å²) < 4.78 is 0. The fourth-order valence-corrected chi connectivity index (χ4v) is 2.84. The Balaban J connectivity index is 2.29. The van der Waals surface area contributed by atoms with Gasteiger partial charge in [-0.1, -0.05) is 13.8 Å². The molecule has 1 aromatic heterocycles. The van der Waals surface area contributed by atoms with Crippen LogP contribution in [0.3, 0.4) is 0 Å². The number of nitrogens with one attached hydrogen (secondary N) is 1. The number of amides is 1. The number of primary amides is 1. The summed E-state index contributed by atoms with van der Waals surface area (Å²) in [4.78, 5) is 18.5. The molecule has 2 rings (SSSR count). The summed E-state index contributed by atoms with van der Waals surface area (Å²) >= 11 is 0. The van der Waals surface area contributed by atoms with Crippen LogP contribution >= 0.6 is 0 Å². The summed E-state index contributed by atoms with van der Waals surface area (Å²) in [6.07, 6.45) is 2.39. The maximum atomic E-state index is 11.7. The van der Waals surface area contributed by atoms with Crippen molar-refractivity contribution in [1.82, 2.24) is 10.3 Å². The molecular weight excluding hydrogens is 264 g/mol. The van der Waals surface area contributed by atoms with Crippen LogP contribution in [0, 0.1) is 12.8 Å². The van der Waals surface area contributed by atoms with Gasteiger partial charge in [0, 0.05) is 24.8 Å². The van der Waals surface area contributed by atoms with Crippen LogP contribution in [0.4, 0.5) is 5.82 Å². The SMILES string of the molecule is Cc1ccc(C(N)=O)c(N(CC(C)C)CC2CCCN2)n1. The van der Waals surface area contributed by atoms with Gasteiger partial charge in [0.1, 0.15) is 5.82 Å². The van der Waals surface area contributed by atoms with Crippen molar-refractivity contribution in [3.05, 3.63) is 23.4 Å². The average molecular weight is 290 g/mol. The second-order valence-corrected chi connectivity index (χ2v) is 6.28. The Kier molecular flexibility index (Phi) is 5.17. The summed E-state index contributed by atoms with van der Waals surface area (Å²) in [5.41, 5.74) is 6.94. The van der Waals surface area contributed by atoms with E-state index in [-0.39, 0.29) is 0 Å². The minimum atomic E-state index is -0.411. The molecule has 1 aliphatic heterocycles. The first kappa shape index (κ1) is 15.8. The van der Waals surface area contributed by atoms with E-state index in [1.807, 2.05) is 13.0 Å². The molecule has 0 bridgehead atoms. The number of nitrogens with zero attached hydrogens (tertiary/aromatic N) is 2. The molecule has 0 aromatic carbocycles. The fraction of sp³-hybridized carbons (Fsp3) is 0.625. The third kappa shape index (κ3) is 4.17. The van der Waals surface area contributed by atoms with Crippen molar-refractivity contribution < 1.29 is 4.79 Å². The van der Waals surface area contributed by atoms with Crippen LogP contribution in [-0.4, -0.2) is 36.6 Å². The molecule has 0 radical (unpaired) electrons. The molecule has 1 atom stereocenters. The van der Waals surface area contributed by atoms with Crippen molar-refractivity contribution >= 4 is 11.7 Å².